The lowest BCUT2D eigenvalue weighted by atomic mass is 10.0. The zero-order valence-corrected chi connectivity index (χ0v) is 10.8. The fourth-order valence-corrected chi connectivity index (χ4v) is 2.06. The third-order valence-corrected chi connectivity index (χ3v) is 3.02. The van der Waals surface area contributed by atoms with Crippen LogP contribution < -0.4 is 0 Å². The van der Waals surface area contributed by atoms with Gasteiger partial charge in [-0.1, -0.05) is 48.0 Å². The molecule has 0 aliphatic heterocycles. The topological polar surface area (TPSA) is 0 Å². The first-order valence-corrected chi connectivity index (χ1v) is 6.32. The van der Waals surface area contributed by atoms with Crippen LogP contribution in [0.2, 0.25) is 0 Å². The Kier molecular flexibility index (Phi) is 5.50. The average molecular weight is 265 g/mol. The Bertz CT molecular complexity index is 347. The molecule has 0 bridgehead atoms. The molecule has 0 spiro atoms. The molecule has 0 radical (unpaired) electrons. The maximum Gasteiger partial charge on any atom is 0.0275 e. The summed E-state index contributed by atoms with van der Waals surface area (Å²) in [6.45, 7) is 2.23. The molecule has 1 aromatic rings. The molecule has 0 saturated heterocycles. The summed E-state index contributed by atoms with van der Waals surface area (Å²) in [5, 5.41) is 0. The molecule has 1 heteroatoms. The lowest BCUT2D eigenvalue weighted by molar-refractivity contribution is 0.666. The van der Waals surface area contributed by atoms with Gasteiger partial charge in [-0.25, -0.2) is 0 Å². The van der Waals surface area contributed by atoms with Crippen LogP contribution in [0.25, 0.3) is 0 Å². The number of unbranched alkanes of at least 4 members (excludes halogenated alkanes) is 3. The van der Waals surface area contributed by atoms with E-state index in [1.54, 1.807) is 0 Å². The van der Waals surface area contributed by atoms with Crippen molar-refractivity contribution in [2.45, 2.75) is 39.0 Å². The van der Waals surface area contributed by atoms with Gasteiger partial charge in [-0.05, 0) is 36.6 Å². The second kappa shape index (κ2) is 6.69. The van der Waals surface area contributed by atoms with E-state index in [2.05, 4.69) is 34.8 Å². The number of benzene rings is 1. The van der Waals surface area contributed by atoms with Gasteiger partial charge in [-0.15, -0.1) is 6.42 Å². The van der Waals surface area contributed by atoms with Gasteiger partial charge >= 0.3 is 0 Å². The van der Waals surface area contributed by atoms with Crippen molar-refractivity contribution in [1.82, 2.24) is 0 Å². The van der Waals surface area contributed by atoms with Crippen molar-refractivity contribution in [3.05, 3.63) is 33.8 Å². The van der Waals surface area contributed by atoms with Crippen LogP contribution in [0.15, 0.2) is 22.7 Å². The summed E-state index contributed by atoms with van der Waals surface area (Å²) in [7, 11) is 0. The van der Waals surface area contributed by atoms with E-state index in [1.165, 1.54) is 31.2 Å². The number of rotatable bonds is 5. The van der Waals surface area contributed by atoms with Crippen molar-refractivity contribution in [3.63, 3.8) is 0 Å². The zero-order chi connectivity index (χ0) is 11.1. The Morgan fingerprint density at radius 2 is 2.07 bits per heavy atom. The molecule has 80 valence electrons. The van der Waals surface area contributed by atoms with E-state index in [-0.39, 0.29) is 0 Å². The minimum absolute atomic E-state index is 1.04. The maximum atomic E-state index is 5.47. The molecule has 1 rings (SSSR count). The summed E-state index contributed by atoms with van der Waals surface area (Å²) in [5.41, 5.74) is 2.33. The summed E-state index contributed by atoms with van der Waals surface area (Å²) < 4.78 is 1.12. The summed E-state index contributed by atoms with van der Waals surface area (Å²) in [6, 6.07) is 6.16. The summed E-state index contributed by atoms with van der Waals surface area (Å²) >= 11 is 3.48. The minimum Gasteiger partial charge on any atom is -0.115 e. The Balaban J connectivity index is 2.59. The smallest absolute Gasteiger partial charge is 0.0275 e. The van der Waals surface area contributed by atoms with Crippen molar-refractivity contribution in [3.8, 4) is 12.3 Å². The predicted molar refractivity (Wildman–Crippen MR) is 69.9 cm³/mol. The molecule has 0 aliphatic carbocycles. The first kappa shape index (κ1) is 12.3. The molecule has 1 aromatic carbocycles. The van der Waals surface area contributed by atoms with Crippen LogP contribution in [0.5, 0.6) is 0 Å². The molecule has 15 heavy (non-hydrogen) atoms. The van der Waals surface area contributed by atoms with E-state index < -0.39 is 0 Å². The molecule has 0 nitrogen and oxygen atoms in total. The summed E-state index contributed by atoms with van der Waals surface area (Å²) in [5.74, 6) is 2.74. The van der Waals surface area contributed by atoms with Crippen molar-refractivity contribution in [1.29, 1.82) is 0 Å². The Labute approximate surface area is 101 Å². The highest BCUT2D eigenvalue weighted by molar-refractivity contribution is 9.10. The van der Waals surface area contributed by atoms with Crippen molar-refractivity contribution < 1.29 is 0 Å². The average Bonchev–Trinajstić information content (AvgIpc) is 2.25. The number of hydrogen-bond acceptors (Lipinski definition) is 0. The number of halogens is 1. The standard InChI is InChI=1S/C14H17Br/c1-3-5-6-7-8-13-11-14(15)10-9-12(13)4-2/h2,9-11H,3,5-8H2,1H3. The third-order valence-electron chi connectivity index (χ3n) is 2.52. The monoisotopic (exact) mass is 264 g/mol. The molecule has 0 heterocycles. The van der Waals surface area contributed by atoms with E-state index >= 15 is 0 Å². The van der Waals surface area contributed by atoms with Crippen LogP contribution in [0.1, 0.15) is 43.7 Å². The van der Waals surface area contributed by atoms with Crippen molar-refractivity contribution in [2.75, 3.05) is 0 Å². The van der Waals surface area contributed by atoms with E-state index in [0.717, 1.165) is 16.5 Å². The lowest BCUT2D eigenvalue weighted by Crippen LogP contribution is -1.91. The lowest BCUT2D eigenvalue weighted by Gasteiger charge is -2.05. The summed E-state index contributed by atoms with van der Waals surface area (Å²) in [6.07, 6.45) is 11.7. The molecule has 0 saturated carbocycles. The van der Waals surface area contributed by atoms with Crippen LogP contribution in [0.3, 0.4) is 0 Å². The van der Waals surface area contributed by atoms with E-state index in [0.29, 0.717) is 0 Å². The molecule has 0 atom stereocenters. The van der Waals surface area contributed by atoms with E-state index in [9.17, 15) is 0 Å². The normalized spacial score (nSPS) is 9.93. The molecular weight excluding hydrogens is 248 g/mol. The Morgan fingerprint density at radius 3 is 2.73 bits per heavy atom. The molecule has 0 aromatic heterocycles. The van der Waals surface area contributed by atoms with Gasteiger partial charge in [-0.2, -0.15) is 0 Å². The molecule has 0 aliphatic rings. The quantitative estimate of drug-likeness (QED) is 0.541. The van der Waals surface area contributed by atoms with Gasteiger partial charge in [-0.3, -0.25) is 0 Å². The first-order valence-electron chi connectivity index (χ1n) is 5.53. The Hall–Kier alpha value is -0.740. The second-order valence-electron chi connectivity index (χ2n) is 3.76. The molecule has 0 unspecified atom stereocenters. The second-order valence-corrected chi connectivity index (χ2v) is 4.67. The van der Waals surface area contributed by atoms with Crippen LogP contribution in [-0.4, -0.2) is 0 Å². The minimum atomic E-state index is 1.04. The molecule has 0 fully saturated rings. The summed E-state index contributed by atoms with van der Waals surface area (Å²) in [4.78, 5) is 0. The van der Waals surface area contributed by atoms with Gasteiger partial charge in [0, 0.05) is 10.0 Å². The first-order chi connectivity index (χ1) is 7.27. The third kappa shape index (κ3) is 4.10. The van der Waals surface area contributed by atoms with Crippen molar-refractivity contribution in [2.24, 2.45) is 0 Å². The molecule has 0 N–H and O–H groups in total. The fourth-order valence-electron chi connectivity index (χ4n) is 1.65. The van der Waals surface area contributed by atoms with Crippen LogP contribution in [-0.2, 0) is 6.42 Å². The number of aryl methyl sites for hydroxylation is 1. The fraction of sp³-hybridized carbons (Fsp3) is 0.429. The SMILES string of the molecule is C#Cc1ccc(Br)cc1CCCCCC. The van der Waals surface area contributed by atoms with Gasteiger partial charge in [0.15, 0.2) is 0 Å². The highest BCUT2D eigenvalue weighted by atomic mass is 79.9. The molecule has 0 amide bonds. The number of hydrogen-bond donors (Lipinski definition) is 0. The largest absolute Gasteiger partial charge is 0.115 e. The van der Waals surface area contributed by atoms with Crippen LogP contribution in [0, 0.1) is 12.3 Å². The van der Waals surface area contributed by atoms with E-state index in [4.69, 9.17) is 6.42 Å². The van der Waals surface area contributed by atoms with Gasteiger partial charge in [0.2, 0.25) is 0 Å². The van der Waals surface area contributed by atoms with Gasteiger partial charge < -0.3 is 0 Å². The Morgan fingerprint density at radius 1 is 1.27 bits per heavy atom. The van der Waals surface area contributed by atoms with Crippen LogP contribution >= 0.6 is 15.9 Å². The van der Waals surface area contributed by atoms with Gasteiger partial charge in [0.25, 0.3) is 0 Å². The highest BCUT2D eigenvalue weighted by Gasteiger charge is 2.00. The van der Waals surface area contributed by atoms with E-state index in [1.807, 2.05) is 12.1 Å². The highest BCUT2D eigenvalue weighted by Crippen LogP contribution is 2.18. The maximum absolute atomic E-state index is 5.47. The number of terminal acetylenes is 1. The van der Waals surface area contributed by atoms with Gasteiger partial charge in [0.1, 0.15) is 0 Å². The predicted octanol–water partition coefficient (Wildman–Crippen LogP) is 4.55. The molecular formula is C14H17Br. The van der Waals surface area contributed by atoms with Gasteiger partial charge in [0.05, 0.1) is 0 Å². The van der Waals surface area contributed by atoms with Crippen LogP contribution in [0.4, 0.5) is 0 Å². The zero-order valence-electron chi connectivity index (χ0n) is 9.22. The van der Waals surface area contributed by atoms with Crippen molar-refractivity contribution >= 4 is 15.9 Å².